The zero-order valence-electron chi connectivity index (χ0n) is 13.5. The van der Waals surface area contributed by atoms with Gasteiger partial charge in [0.15, 0.2) is 0 Å². The summed E-state index contributed by atoms with van der Waals surface area (Å²) in [6.07, 6.45) is 1.62. The molecule has 0 saturated carbocycles. The van der Waals surface area contributed by atoms with Crippen molar-refractivity contribution in [3.63, 3.8) is 0 Å². The van der Waals surface area contributed by atoms with Gasteiger partial charge in [-0.3, -0.25) is 9.59 Å². The summed E-state index contributed by atoms with van der Waals surface area (Å²) in [5.74, 6) is 0.326. The van der Waals surface area contributed by atoms with Gasteiger partial charge in [0.25, 0.3) is 5.91 Å². The minimum atomic E-state index is 0. The van der Waals surface area contributed by atoms with Crippen LogP contribution in [0.5, 0.6) is 0 Å². The van der Waals surface area contributed by atoms with Crippen LogP contribution in [-0.4, -0.2) is 53.8 Å². The van der Waals surface area contributed by atoms with Crippen molar-refractivity contribution in [2.45, 2.75) is 32.4 Å². The first-order valence-corrected chi connectivity index (χ1v) is 8.03. The van der Waals surface area contributed by atoms with Crippen LogP contribution >= 0.6 is 12.4 Å². The fourth-order valence-electron chi connectivity index (χ4n) is 3.15. The van der Waals surface area contributed by atoms with Gasteiger partial charge in [-0.2, -0.15) is 0 Å². The van der Waals surface area contributed by atoms with E-state index in [1.54, 1.807) is 0 Å². The molecule has 0 bridgehead atoms. The molecule has 1 aromatic carbocycles. The molecular formula is C17H24ClN3O2. The Balaban J connectivity index is 0.00000192. The molecule has 23 heavy (non-hydrogen) atoms. The van der Waals surface area contributed by atoms with Gasteiger partial charge in [0.1, 0.15) is 0 Å². The first-order chi connectivity index (χ1) is 10.6. The van der Waals surface area contributed by atoms with Crippen molar-refractivity contribution in [2.24, 2.45) is 0 Å². The fraction of sp³-hybridized carbons (Fsp3) is 0.529. The van der Waals surface area contributed by atoms with Gasteiger partial charge in [-0.05, 0) is 31.0 Å². The molecule has 2 aliphatic heterocycles. The number of amides is 2. The first kappa shape index (κ1) is 17.8. The van der Waals surface area contributed by atoms with E-state index < -0.39 is 0 Å². The molecule has 0 unspecified atom stereocenters. The molecule has 1 aromatic rings. The monoisotopic (exact) mass is 337 g/mol. The summed E-state index contributed by atoms with van der Waals surface area (Å²) in [6.45, 7) is 6.02. The second kappa shape index (κ2) is 7.79. The molecule has 2 saturated heterocycles. The van der Waals surface area contributed by atoms with Crippen LogP contribution in [0.4, 0.5) is 0 Å². The molecule has 5 nitrogen and oxygen atoms in total. The predicted molar refractivity (Wildman–Crippen MR) is 91.7 cm³/mol. The van der Waals surface area contributed by atoms with E-state index in [-0.39, 0.29) is 30.3 Å². The van der Waals surface area contributed by atoms with Gasteiger partial charge in [0.2, 0.25) is 5.91 Å². The molecule has 1 N–H and O–H groups in total. The maximum Gasteiger partial charge on any atom is 0.254 e. The number of carbonyl (C=O) groups excluding carboxylic acids is 2. The molecule has 2 aliphatic rings. The third kappa shape index (κ3) is 4.03. The molecule has 1 atom stereocenters. The number of carbonyl (C=O) groups is 2. The number of hydrogen-bond acceptors (Lipinski definition) is 3. The van der Waals surface area contributed by atoms with Crippen LogP contribution in [0.15, 0.2) is 24.3 Å². The number of piperazine rings is 1. The van der Waals surface area contributed by atoms with E-state index in [2.05, 4.69) is 12.2 Å². The van der Waals surface area contributed by atoms with Crippen LogP contribution in [0, 0.1) is 0 Å². The highest BCUT2D eigenvalue weighted by Gasteiger charge is 2.24. The lowest BCUT2D eigenvalue weighted by Gasteiger charge is -2.34. The van der Waals surface area contributed by atoms with E-state index in [9.17, 15) is 9.59 Å². The second-order valence-electron chi connectivity index (χ2n) is 6.17. The molecule has 3 rings (SSSR count). The van der Waals surface area contributed by atoms with Gasteiger partial charge in [0, 0.05) is 50.7 Å². The number of halogens is 1. The molecule has 0 aliphatic carbocycles. The van der Waals surface area contributed by atoms with Crippen molar-refractivity contribution in [2.75, 3.05) is 26.2 Å². The summed E-state index contributed by atoms with van der Waals surface area (Å²) < 4.78 is 0. The van der Waals surface area contributed by atoms with E-state index in [0.717, 1.165) is 43.7 Å². The van der Waals surface area contributed by atoms with Crippen molar-refractivity contribution in [1.29, 1.82) is 0 Å². The van der Waals surface area contributed by atoms with Crippen LogP contribution < -0.4 is 5.32 Å². The van der Waals surface area contributed by atoms with Crippen LogP contribution in [0.3, 0.4) is 0 Å². The maximum atomic E-state index is 12.6. The van der Waals surface area contributed by atoms with Gasteiger partial charge in [-0.15, -0.1) is 12.4 Å². The molecule has 0 aromatic heterocycles. The molecular weight excluding hydrogens is 314 g/mol. The molecule has 2 heterocycles. The van der Waals surface area contributed by atoms with E-state index in [0.29, 0.717) is 13.0 Å². The number of hydrogen-bond donors (Lipinski definition) is 1. The third-order valence-electron chi connectivity index (χ3n) is 4.51. The van der Waals surface area contributed by atoms with Gasteiger partial charge in [-0.25, -0.2) is 0 Å². The molecule has 2 fully saturated rings. The minimum Gasteiger partial charge on any atom is -0.338 e. The Hall–Kier alpha value is -1.59. The number of likely N-dealkylation sites (tertiary alicyclic amines) is 1. The summed E-state index contributed by atoms with van der Waals surface area (Å²) in [4.78, 5) is 28.0. The van der Waals surface area contributed by atoms with Crippen LogP contribution in [0.1, 0.15) is 35.7 Å². The summed E-state index contributed by atoms with van der Waals surface area (Å²) in [6, 6.07) is 7.92. The molecule has 126 valence electrons. The Morgan fingerprint density at radius 3 is 2.61 bits per heavy atom. The summed E-state index contributed by atoms with van der Waals surface area (Å²) in [7, 11) is 0. The van der Waals surface area contributed by atoms with Crippen LogP contribution in [0.2, 0.25) is 0 Å². The lowest BCUT2D eigenvalue weighted by atomic mass is 10.1. The number of rotatable bonds is 3. The molecule has 0 radical (unpaired) electrons. The van der Waals surface area contributed by atoms with Crippen molar-refractivity contribution < 1.29 is 9.59 Å². The largest absolute Gasteiger partial charge is 0.338 e. The Morgan fingerprint density at radius 1 is 1.26 bits per heavy atom. The van der Waals surface area contributed by atoms with Gasteiger partial charge >= 0.3 is 0 Å². The molecule has 6 heteroatoms. The van der Waals surface area contributed by atoms with E-state index in [1.165, 1.54) is 0 Å². The Morgan fingerprint density at radius 2 is 2.00 bits per heavy atom. The highest BCUT2D eigenvalue weighted by molar-refractivity contribution is 5.94. The van der Waals surface area contributed by atoms with Gasteiger partial charge in [0.05, 0.1) is 0 Å². The minimum absolute atomic E-state index is 0. The zero-order valence-corrected chi connectivity index (χ0v) is 14.3. The van der Waals surface area contributed by atoms with Crippen molar-refractivity contribution in [1.82, 2.24) is 15.1 Å². The van der Waals surface area contributed by atoms with Gasteiger partial charge in [-0.1, -0.05) is 12.1 Å². The highest BCUT2D eigenvalue weighted by Crippen LogP contribution is 2.16. The van der Waals surface area contributed by atoms with Crippen molar-refractivity contribution in [3.05, 3.63) is 35.4 Å². The highest BCUT2D eigenvalue weighted by atomic mass is 35.5. The average molecular weight is 338 g/mol. The molecule has 2 amide bonds. The van der Waals surface area contributed by atoms with Gasteiger partial charge < -0.3 is 15.1 Å². The average Bonchev–Trinajstić information content (AvgIpc) is 2.93. The smallest absolute Gasteiger partial charge is 0.254 e. The second-order valence-corrected chi connectivity index (χ2v) is 6.17. The SMILES string of the molecule is C[C@@H]1CNCCN1C(=O)c1ccc(CN2CCCC2=O)cc1.Cl. The van der Waals surface area contributed by atoms with Crippen molar-refractivity contribution in [3.8, 4) is 0 Å². The lowest BCUT2D eigenvalue weighted by molar-refractivity contribution is -0.128. The maximum absolute atomic E-state index is 12.6. The van der Waals surface area contributed by atoms with Crippen LogP contribution in [-0.2, 0) is 11.3 Å². The Labute approximate surface area is 143 Å². The fourth-order valence-corrected chi connectivity index (χ4v) is 3.15. The topological polar surface area (TPSA) is 52.7 Å². The van der Waals surface area contributed by atoms with E-state index >= 15 is 0 Å². The Kier molecular flexibility index (Phi) is 6.02. The summed E-state index contributed by atoms with van der Waals surface area (Å²) >= 11 is 0. The first-order valence-electron chi connectivity index (χ1n) is 8.03. The van der Waals surface area contributed by atoms with E-state index in [1.807, 2.05) is 34.1 Å². The quantitative estimate of drug-likeness (QED) is 0.912. The number of nitrogens with one attached hydrogen (secondary N) is 1. The molecule has 0 spiro atoms. The summed E-state index contributed by atoms with van der Waals surface area (Å²) in [5.41, 5.74) is 1.81. The lowest BCUT2D eigenvalue weighted by Crippen LogP contribution is -2.52. The van der Waals surface area contributed by atoms with Crippen molar-refractivity contribution >= 4 is 24.2 Å². The zero-order chi connectivity index (χ0) is 15.5. The van der Waals surface area contributed by atoms with Crippen LogP contribution in [0.25, 0.3) is 0 Å². The Bertz CT molecular complexity index is 561. The standard InChI is InChI=1S/C17H23N3O2.ClH/c1-13-11-18-8-10-20(13)17(22)15-6-4-14(5-7-15)12-19-9-2-3-16(19)21;/h4-7,13,18H,2-3,8-12H2,1H3;1H/t13-;/m1./s1. The number of benzene rings is 1. The normalized spacial score (nSPS) is 21.3. The third-order valence-corrected chi connectivity index (χ3v) is 4.51. The summed E-state index contributed by atoms with van der Waals surface area (Å²) in [5, 5.41) is 3.29. The van der Waals surface area contributed by atoms with E-state index in [4.69, 9.17) is 0 Å². The number of nitrogens with zero attached hydrogens (tertiary/aromatic N) is 2. The predicted octanol–water partition coefficient (Wildman–Crippen LogP) is 1.66.